The number of carboxylic acids is 1. The van der Waals surface area contributed by atoms with E-state index in [1.165, 1.54) is 4.90 Å². The lowest BCUT2D eigenvalue weighted by molar-refractivity contribution is -0.138. The van der Waals surface area contributed by atoms with Crippen LogP contribution in [0.15, 0.2) is 0 Å². The topological polar surface area (TPSA) is 84.9 Å². The molecule has 7 heteroatoms. The summed E-state index contributed by atoms with van der Waals surface area (Å²) in [5.74, 6) is -1.00. The molecule has 0 aromatic rings. The maximum Gasteiger partial charge on any atom is 0.323 e. The zero-order valence-electron chi connectivity index (χ0n) is 12.6. The summed E-state index contributed by atoms with van der Waals surface area (Å²) in [7, 11) is 0. The molecule has 0 bridgehead atoms. The number of hydrogen-bond acceptors (Lipinski definition) is 4. The molecule has 20 heavy (non-hydrogen) atoms. The minimum atomic E-state index is -1.00. The van der Waals surface area contributed by atoms with Crippen LogP contribution in [0.3, 0.4) is 0 Å². The largest absolute Gasteiger partial charge is 0.480 e. The average Bonchev–Trinajstić information content (AvgIpc) is 2.35. The minimum absolute atomic E-state index is 0.289. The molecule has 1 aliphatic heterocycles. The first-order valence-electron chi connectivity index (χ1n) is 7.01. The molecule has 3 N–H and O–H groups in total. The zero-order chi connectivity index (χ0) is 15.2. The second kappa shape index (κ2) is 7.44. The Morgan fingerprint density at radius 1 is 1.30 bits per heavy atom. The number of nitrogens with zero attached hydrogens (tertiary/aromatic N) is 2. The average molecular weight is 286 g/mol. The van der Waals surface area contributed by atoms with Crippen molar-refractivity contribution in [2.24, 2.45) is 0 Å². The van der Waals surface area contributed by atoms with E-state index < -0.39 is 11.5 Å². The summed E-state index contributed by atoms with van der Waals surface area (Å²) < 4.78 is 0. The number of carbonyl (C=O) groups excluding carboxylic acids is 1. The molecule has 0 atom stereocenters. The SMILES string of the molecule is CC(C)(C)N(CC(=O)O)C(=O)NCCN1CCNCC1. The van der Waals surface area contributed by atoms with Gasteiger partial charge in [0.2, 0.25) is 0 Å². The molecule has 1 fully saturated rings. The van der Waals surface area contributed by atoms with Gasteiger partial charge in [0.1, 0.15) is 6.54 Å². The third kappa shape index (κ3) is 5.75. The molecule has 1 aliphatic rings. The third-order valence-corrected chi connectivity index (χ3v) is 3.26. The number of piperazine rings is 1. The molecule has 0 aliphatic carbocycles. The highest BCUT2D eigenvalue weighted by Crippen LogP contribution is 2.12. The van der Waals surface area contributed by atoms with Crippen molar-refractivity contribution in [3.8, 4) is 0 Å². The summed E-state index contributed by atoms with van der Waals surface area (Å²) in [5.41, 5.74) is -0.516. The van der Waals surface area contributed by atoms with Gasteiger partial charge in [0.05, 0.1) is 0 Å². The van der Waals surface area contributed by atoms with Crippen LogP contribution in [0.25, 0.3) is 0 Å². The predicted molar refractivity (Wildman–Crippen MR) is 76.8 cm³/mol. The Morgan fingerprint density at radius 2 is 1.90 bits per heavy atom. The number of carboxylic acid groups (broad SMARTS) is 1. The molecule has 2 amide bonds. The number of rotatable bonds is 5. The number of urea groups is 1. The lowest BCUT2D eigenvalue weighted by Gasteiger charge is -2.34. The number of aliphatic carboxylic acids is 1. The molecule has 0 aromatic heterocycles. The molecule has 0 unspecified atom stereocenters. The van der Waals surface area contributed by atoms with Gasteiger partial charge in [-0.05, 0) is 20.8 Å². The van der Waals surface area contributed by atoms with Crippen molar-refractivity contribution in [3.63, 3.8) is 0 Å². The van der Waals surface area contributed by atoms with E-state index in [-0.39, 0.29) is 12.6 Å². The molecule has 1 heterocycles. The van der Waals surface area contributed by atoms with Crippen LogP contribution < -0.4 is 10.6 Å². The quantitative estimate of drug-likeness (QED) is 0.651. The number of hydrogen-bond donors (Lipinski definition) is 3. The highest BCUT2D eigenvalue weighted by molar-refractivity contribution is 5.80. The number of carbonyl (C=O) groups is 2. The second-order valence-electron chi connectivity index (χ2n) is 5.97. The van der Waals surface area contributed by atoms with Crippen LogP contribution in [0, 0.1) is 0 Å². The van der Waals surface area contributed by atoms with Crippen molar-refractivity contribution in [2.75, 3.05) is 45.8 Å². The Hall–Kier alpha value is -1.34. The van der Waals surface area contributed by atoms with Crippen LogP contribution >= 0.6 is 0 Å². The van der Waals surface area contributed by atoms with E-state index in [1.54, 1.807) is 0 Å². The molecule has 0 spiro atoms. The van der Waals surface area contributed by atoms with E-state index in [9.17, 15) is 9.59 Å². The summed E-state index contributed by atoms with van der Waals surface area (Å²) >= 11 is 0. The molecule has 0 aromatic carbocycles. The van der Waals surface area contributed by atoms with Gasteiger partial charge in [-0.25, -0.2) is 4.79 Å². The summed E-state index contributed by atoms with van der Waals surface area (Å²) in [4.78, 5) is 26.5. The number of nitrogens with one attached hydrogen (secondary N) is 2. The fourth-order valence-electron chi connectivity index (χ4n) is 2.10. The first kappa shape index (κ1) is 16.7. The van der Waals surface area contributed by atoms with Crippen LogP contribution in [0.2, 0.25) is 0 Å². The van der Waals surface area contributed by atoms with Crippen molar-refractivity contribution < 1.29 is 14.7 Å². The predicted octanol–water partition coefficient (Wildman–Crippen LogP) is -0.214. The van der Waals surface area contributed by atoms with Crippen molar-refractivity contribution in [2.45, 2.75) is 26.3 Å². The molecule has 0 saturated carbocycles. The van der Waals surface area contributed by atoms with Gasteiger partial charge in [0.25, 0.3) is 0 Å². The van der Waals surface area contributed by atoms with E-state index in [0.29, 0.717) is 6.54 Å². The molecular weight excluding hydrogens is 260 g/mol. The summed E-state index contributed by atoms with van der Waals surface area (Å²) in [6.45, 7) is 10.4. The lowest BCUT2D eigenvalue weighted by atomic mass is 10.1. The van der Waals surface area contributed by atoms with Gasteiger partial charge in [-0.2, -0.15) is 0 Å². The Kier molecular flexibility index (Phi) is 6.22. The van der Waals surface area contributed by atoms with Crippen LogP contribution in [-0.4, -0.2) is 78.3 Å². The maximum atomic E-state index is 12.1. The lowest BCUT2D eigenvalue weighted by Crippen LogP contribution is -2.54. The Bertz CT molecular complexity index is 335. The van der Waals surface area contributed by atoms with E-state index >= 15 is 0 Å². The van der Waals surface area contributed by atoms with Gasteiger partial charge in [0.15, 0.2) is 0 Å². The van der Waals surface area contributed by atoms with Crippen molar-refractivity contribution >= 4 is 12.0 Å². The first-order chi connectivity index (χ1) is 9.30. The molecule has 0 radical (unpaired) electrons. The van der Waals surface area contributed by atoms with Crippen molar-refractivity contribution in [1.29, 1.82) is 0 Å². The highest BCUT2D eigenvalue weighted by atomic mass is 16.4. The molecular formula is C13H26N4O3. The third-order valence-electron chi connectivity index (χ3n) is 3.26. The molecule has 7 nitrogen and oxygen atoms in total. The van der Waals surface area contributed by atoms with Gasteiger partial charge in [-0.3, -0.25) is 9.69 Å². The fraction of sp³-hybridized carbons (Fsp3) is 0.846. The van der Waals surface area contributed by atoms with Gasteiger partial charge < -0.3 is 20.6 Å². The smallest absolute Gasteiger partial charge is 0.323 e. The standard InChI is InChI=1S/C13H26N4O3/c1-13(2,3)17(10-11(18)19)12(20)15-6-9-16-7-4-14-5-8-16/h14H,4-10H2,1-3H3,(H,15,20)(H,18,19). The van der Waals surface area contributed by atoms with E-state index in [1.807, 2.05) is 20.8 Å². The van der Waals surface area contributed by atoms with Gasteiger partial charge in [-0.15, -0.1) is 0 Å². The summed E-state index contributed by atoms with van der Waals surface area (Å²) in [6, 6.07) is -0.324. The van der Waals surface area contributed by atoms with Gasteiger partial charge >= 0.3 is 12.0 Å². The summed E-state index contributed by atoms with van der Waals surface area (Å²) in [6.07, 6.45) is 0. The van der Waals surface area contributed by atoms with E-state index in [4.69, 9.17) is 5.11 Å². The fourth-order valence-corrected chi connectivity index (χ4v) is 2.10. The Labute approximate surface area is 120 Å². The molecule has 1 saturated heterocycles. The van der Waals surface area contributed by atoms with Crippen molar-refractivity contribution in [3.05, 3.63) is 0 Å². The zero-order valence-corrected chi connectivity index (χ0v) is 12.6. The minimum Gasteiger partial charge on any atom is -0.480 e. The Balaban J connectivity index is 2.39. The molecule has 1 rings (SSSR count). The maximum absolute atomic E-state index is 12.1. The van der Waals surface area contributed by atoms with Crippen LogP contribution in [0.5, 0.6) is 0 Å². The summed E-state index contributed by atoms with van der Waals surface area (Å²) in [5, 5.41) is 15.0. The first-order valence-corrected chi connectivity index (χ1v) is 7.01. The van der Waals surface area contributed by atoms with Gasteiger partial charge in [0, 0.05) is 44.8 Å². The monoisotopic (exact) mass is 286 g/mol. The molecule has 116 valence electrons. The van der Waals surface area contributed by atoms with Crippen LogP contribution in [0.1, 0.15) is 20.8 Å². The Morgan fingerprint density at radius 3 is 2.40 bits per heavy atom. The van der Waals surface area contributed by atoms with Crippen molar-refractivity contribution in [1.82, 2.24) is 20.4 Å². The van der Waals surface area contributed by atoms with Crippen LogP contribution in [0.4, 0.5) is 4.79 Å². The number of amides is 2. The normalized spacial score (nSPS) is 16.8. The van der Waals surface area contributed by atoms with E-state index in [2.05, 4.69) is 15.5 Å². The second-order valence-corrected chi connectivity index (χ2v) is 5.97. The van der Waals surface area contributed by atoms with E-state index in [0.717, 1.165) is 32.7 Å². The van der Waals surface area contributed by atoms with Crippen LogP contribution in [-0.2, 0) is 4.79 Å². The highest BCUT2D eigenvalue weighted by Gasteiger charge is 2.28. The van der Waals surface area contributed by atoms with Gasteiger partial charge in [-0.1, -0.05) is 0 Å².